The summed E-state index contributed by atoms with van der Waals surface area (Å²) in [5, 5.41) is 1.71. The second-order valence-electron chi connectivity index (χ2n) is 6.12. The second kappa shape index (κ2) is 7.47. The lowest BCUT2D eigenvalue weighted by atomic mass is 10.1. The summed E-state index contributed by atoms with van der Waals surface area (Å²) in [5.74, 6) is 0. The highest BCUT2D eigenvalue weighted by Gasteiger charge is 2.09. The van der Waals surface area contributed by atoms with E-state index >= 15 is 0 Å². The van der Waals surface area contributed by atoms with Gasteiger partial charge in [-0.2, -0.15) is 0 Å². The van der Waals surface area contributed by atoms with Gasteiger partial charge in [0.25, 0.3) is 0 Å². The topological polar surface area (TPSA) is 17.1 Å². The Morgan fingerprint density at radius 2 is 0.692 bits per heavy atom. The van der Waals surface area contributed by atoms with Crippen LogP contribution in [0.15, 0.2) is 109 Å². The highest BCUT2D eigenvalue weighted by molar-refractivity contribution is 7.61. The van der Waals surface area contributed by atoms with Crippen molar-refractivity contribution in [2.75, 3.05) is 0 Å². The molecule has 125 valence electrons. The summed E-state index contributed by atoms with van der Waals surface area (Å²) in [6.45, 7) is 0. The zero-order valence-electron chi connectivity index (χ0n) is 14.2. The van der Waals surface area contributed by atoms with E-state index in [1.54, 1.807) is 0 Å². The van der Waals surface area contributed by atoms with E-state index in [2.05, 4.69) is 24.3 Å². The third-order valence-electron chi connectivity index (χ3n) is 4.42. The molecule has 0 N–H and O–H groups in total. The maximum Gasteiger partial charge on any atom is 0.136 e. The van der Waals surface area contributed by atoms with Crippen molar-refractivity contribution in [1.29, 1.82) is 0 Å². The van der Waals surface area contributed by atoms with Gasteiger partial charge in [-0.1, -0.05) is 84.9 Å². The lowest BCUT2D eigenvalue weighted by Gasteiger charge is -2.06. The minimum Gasteiger partial charge on any atom is -0.277 e. The van der Waals surface area contributed by atoms with Crippen molar-refractivity contribution in [1.82, 2.24) is 0 Å². The van der Waals surface area contributed by atoms with Gasteiger partial charge in [-0.15, -0.1) is 0 Å². The van der Waals surface area contributed by atoms with Crippen LogP contribution in [0.1, 0.15) is 0 Å². The van der Waals surface area contributed by atoms with Crippen LogP contribution < -0.4 is 10.6 Å². The summed E-state index contributed by atoms with van der Waals surface area (Å²) < 4.78 is 12.9. The summed E-state index contributed by atoms with van der Waals surface area (Å²) >= 11 is 0. The van der Waals surface area contributed by atoms with Crippen LogP contribution in [0.2, 0.25) is 0 Å². The molecule has 0 heterocycles. The Hall–Kier alpha value is -3.02. The molecule has 0 aliphatic heterocycles. The van der Waals surface area contributed by atoms with Crippen molar-refractivity contribution >= 4 is 18.4 Å². The van der Waals surface area contributed by atoms with Crippen LogP contribution in [0.3, 0.4) is 0 Å². The molecule has 0 amide bonds. The van der Waals surface area contributed by atoms with Crippen LogP contribution >= 0.6 is 7.80 Å². The standard InChI is InChI=1S/C24H18OP/c25-26(23-15-11-21(12-16-23)19-7-3-1-4-8-19)24-17-13-22(14-18-24)20-9-5-2-6-10-20/h1-18H. The lowest BCUT2D eigenvalue weighted by molar-refractivity contribution is 0.598. The van der Waals surface area contributed by atoms with Crippen LogP contribution in [-0.4, -0.2) is 0 Å². The molecule has 1 nitrogen and oxygen atoms in total. The van der Waals surface area contributed by atoms with Crippen molar-refractivity contribution in [3.63, 3.8) is 0 Å². The van der Waals surface area contributed by atoms with Crippen LogP contribution in [0.4, 0.5) is 0 Å². The van der Waals surface area contributed by atoms with E-state index in [0.29, 0.717) is 0 Å². The van der Waals surface area contributed by atoms with Gasteiger partial charge in [0.1, 0.15) is 7.80 Å². The minimum atomic E-state index is -1.58. The third-order valence-corrected chi connectivity index (χ3v) is 5.95. The van der Waals surface area contributed by atoms with Gasteiger partial charge in [0.15, 0.2) is 0 Å². The Balaban J connectivity index is 1.56. The zero-order valence-corrected chi connectivity index (χ0v) is 15.1. The van der Waals surface area contributed by atoms with E-state index in [1.165, 1.54) is 11.1 Å². The van der Waals surface area contributed by atoms with Gasteiger partial charge in [0, 0.05) is 10.6 Å². The maximum absolute atomic E-state index is 12.9. The predicted molar refractivity (Wildman–Crippen MR) is 111 cm³/mol. The first-order chi connectivity index (χ1) is 12.8. The fourth-order valence-electron chi connectivity index (χ4n) is 2.99. The van der Waals surface area contributed by atoms with Gasteiger partial charge in [0.05, 0.1) is 0 Å². The first-order valence-corrected chi connectivity index (χ1v) is 9.85. The van der Waals surface area contributed by atoms with E-state index in [4.69, 9.17) is 0 Å². The summed E-state index contributed by atoms with van der Waals surface area (Å²) in [5.41, 5.74) is 4.61. The molecular weight excluding hydrogens is 335 g/mol. The summed E-state index contributed by atoms with van der Waals surface area (Å²) in [6.07, 6.45) is 0. The highest BCUT2D eigenvalue weighted by Crippen LogP contribution is 2.25. The molecule has 0 bridgehead atoms. The van der Waals surface area contributed by atoms with Crippen LogP contribution in [0.5, 0.6) is 0 Å². The molecule has 0 aromatic heterocycles. The largest absolute Gasteiger partial charge is 0.277 e. The quantitative estimate of drug-likeness (QED) is 0.424. The second-order valence-corrected chi connectivity index (χ2v) is 7.74. The zero-order chi connectivity index (χ0) is 17.8. The summed E-state index contributed by atoms with van der Waals surface area (Å²) in [4.78, 5) is 0. The monoisotopic (exact) mass is 353 g/mol. The molecule has 0 atom stereocenters. The predicted octanol–water partition coefficient (Wildman–Crippen LogP) is 5.80. The van der Waals surface area contributed by atoms with Crippen molar-refractivity contribution < 1.29 is 4.57 Å². The maximum atomic E-state index is 12.9. The molecule has 0 spiro atoms. The SMILES string of the molecule is O=[P](c1ccc(-c2ccccc2)cc1)c1ccc(-c2ccccc2)cc1. The van der Waals surface area contributed by atoms with Gasteiger partial charge >= 0.3 is 0 Å². The average Bonchev–Trinajstić information content (AvgIpc) is 2.75. The fraction of sp³-hybridized carbons (Fsp3) is 0. The molecule has 0 fully saturated rings. The van der Waals surface area contributed by atoms with E-state index in [0.717, 1.165) is 21.7 Å². The number of benzene rings is 4. The van der Waals surface area contributed by atoms with Crippen molar-refractivity contribution in [2.45, 2.75) is 0 Å². The summed E-state index contributed by atoms with van der Waals surface area (Å²) in [6, 6.07) is 36.5. The Morgan fingerprint density at radius 3 is 1.04 bits per heavy atom. The number of hydrogen-bond acceptors (Lipinski definition) is 1. The first-order valence-electron chi connectivity index (χ1n) is 8.59. The molecule has 1 radical (unpaired) electrons. The van der Waals surface area contributed by atoms with E-state index in [9.17, 15) is 4.57 Å². The molecule has 0 unspecified atom stereocenters. The Kier molecular flexibility index (Phi) is 4.73. The van der Waals surface area contributed by atoms with Gasteiger partial charge in [0.2, 0.25) is 0 Å². The molecule has 4 aromatic rings. The normalized spacial score (nSPS) is 10.5. The number of rotatable bonds is 4. The van der Waals surface area contributed by atoms with Crippen LogP contribution in [0.25, 0.3) is 22.3 Å². The molecule has 0 saturated carbocycles. The third kappa shape index (κ3) is 3.49. The van der Waals surface area contributed by atoms with Crippen LogP contribution in [0, 0.1) is 0 Å². The summed E-state index contributed by atoms with van der Waals surface area (Å²) in [7, 11) is -1.58. The molecule has 0 aliphatic rings. The smallest absolute Gasteiger partial charge is 0.136 e. The van der Waals surface area contributed by atoms with Crippen LogP contribution in [-0.2, 0) is 4.57 Å². The molecule has 4 rings (SSSR count). The lowest BCUT2D eigenvalue weighted by Crippen LogP contribution is -2.06. The molecule has 0 saturated heterocycles. The Bertz CT molecular complexity index is 920. The molecule has 0 aliphatic carbocycles. The van der Waals surface area contributed by atoms with E-state index in [-0.39, 0.29) is 0 Å². The molecule has 4 aromatic carbocycles. The van der Waals surface area contributed by atoms with E-state index in [1.807, 2.05) is 84.9 Å². The van der Waals surface area contributed by atoms with Crippen molar-refractivity contribution in [3.8, 4) is 22.3 Å². The number of hydrogen-bond donors (Lipinski definition) is 0. The van der Waals surface area contributed by atoms with E-state index < -0.39 is 7.80 Å². The van der Waals surface area contributed by atoms with Gasteiger partial charge in [-0.3, -0.25) is 4.57 Å². The van der Waals surface area contributed by atoms with Gasteiger partial charge in [-0.25, -0.2) is 0 Å². The van der Waals surface area contributed by atoms with Gasteiger partial charge < -0.3 is 0 Å². The fourth-order valence-corrected chi connectivity index (χ4v) is 4.13. The Labute approximate surface area is 154 Å². The molecule has 2 heteroatoms. The Morgan fingerprint density at radius 1 is 0.385 bits per heavy atom. The minimum absolute atomic E-state index is 0.854. The highest BCUT2D eigenvalue weighted by atomic mass is 31.1. The van der Waals surface area contributed by atoms with Gasteiger partial charge in [-0.05, 0) is 46.5 Å². The average molecular weight is 353 g/mol. The molecule has 26 heavy (non-hydrogen) atoms. The van der Waals surface area contributed by atoms with Crippen molar-refractivity contribution in [3.05, 3.63) is 109 Å². The first kappa shape index (κ1) is 16.4. The van der Waals surface area contributed by atoms with Crippen molar-refractivity contribution in [2.24, 2.45) is 0 Å². The molecular formula is C24H18OP.